The average Bonchev–Trinajstić information content (AvgIpc) is 2.66. The molecular formula is C19H26IN5O2. The van der Waals surface area contributed by atoms with Crippen molar-refractivity contribution in [2.24, 2.45) is 4.99 Å². The summed E-state index contributed by atoms with van der Waals surface area (Å²) >= 11 is 0. The largest absolute Gasteiger partial charge is 0.497 e. The second-order valence-electron chi connectivity index (χ2n) is 5.72. The van der Waals surface area contributed by atoms with E-state index in [4.69, 9.17) is 4.74 Å². The highest BCUT2D eigenvalue weighted by Gasteiger charge is 2.04. The molecule has 0 atom stereocenters. The summed E-state index contributed by atoms with van der Waals surface area (Å²) in [5.41, 5.74) is 2.13. The molecule has 0 aliphatic heterocycles. The molecule has 3 N–H and O–H groups in total. The van der Waals surface area contributed by atoms with Crippen LogP contribution in [0.15, 0.2) is 47.6 Å². The van der Waals surface area contributed by atoms with Gasteiger partial charge in [0.05, 0.1) is 7.11 Å². The lowest BCUT2D eigenvalue weighted by molar-refractivity contribution is -0.116. The third kappa shape index (κ3) is 8.25. The second-order valence-corrected chi connectivity index (χ2v) is 5.72. The zero-order valence-electron chi connectivity index (χ0n) is 15.8. The Balaban J connectivity index is 0.00000364. The van der Waals surface area contributed by atoms with Crippen molar-refractivity contribution >= 4 is 41.7 Å². The van der Waals surface area contributed by atoms with Crippen LogP contribution in [0.25, 0.3) is 0 Å². The number of anilines is 1. The van der Waals surface area contributed by atoms with Gasteiger partial charge in [-0.3, -0.25) is 9.79 Å². The summed E-state index contributed by atoms with van der Waals surface area (Å²) < 4.78 is 5.21. The molecule has 0 fully saturated rings. The number of guanidine groups is 1. The molecule has 2 rings (SSSR count). The van der Waals surface area contributed by atoms with Crippen LogP contribution in [0.1, 0.15) is 17.5 Å². The first kappa shape index (κ1) is 22.7. The normalized spacial score (nSPS) is 10.6. The van der Waals surface area contributed by atoms with Gasteiger partial charge in [-0.05, 0) is 36.2 Å². The van der Waals surface area contributed by atoms with Crippen LogP contribution in [0, 0.1) is 6.92 Å². The zero-order valence-corrected chi connectivity index (χ0v) is 18.1. The van der Waals surface area contributed by atoms with Crippen LogP contribution in [0.5, 0.6) is 5.75 Å². The summed E-state index contributed by atoms with van der Waals surface area (Å²) in [5, 5.41) is 9.09. The standard InChI is InChI=1S/C19H25N5O2.HI/c1-14-7-8-17(22-12-14)24-18(25)9-10-21-19(20-2)23-13-15-5-4-6-16(11-15)26-3;/h4-8,11-12H,9-10,13H2,1-3H3,(H2,20,21,23)(H,22,24,25);1H. The molecule has 2 aromatic rings. The number of pyridine rings is 1. The molecule has 7 nitrogen and oxygen atoms in total. The number of nitrogens with zero attached hydrogens (tertiary/aromatic N) is 2. The van der Waals surface area contributed by atoms with E-state index in [1.54, 1.807) is 26.4 Å². The first-order valence-corrected chi connectivity index (χ1v) is 8.40. The quantitative estimate of drug-likeness (QED) is 0.320. The van der Waals surface area contributed by atoms with Gasteiger partial charge in [-0.15, -0.1) is 24.0 Å². The molecule has 0 bridgehead atoms. The molecule has 0 spiro atoms. The number of aryl methyl sites for hydroxylation is 1. The number of hydrogen-bond donors (Lipinski definition) is 3. The maximum atomic E-state index is 12.0. The molecule has 0 aliphatic rings. The van der Waals surface area contributed by atoms with E-state index < -0.39 is 0 Å². The molecule has 1 amide bonds. The Morgan fingerprint density at radius 1 is 1.22 bits per heavy atom. The monoisotopic (exact) mass is 483 g/mol. The summed E-state index contributed by atoms with van der Waals surface area (Å²) in [7, 11) is 3.33. The molecule has 8 heteroatoms. The second kappa shape index (κ2) is 12.1. The van der Waals surface area contributed by atoms with E-state index >= 15 is 0 Å². The van der Waals surface area contributed by atoms with Gasteiger partial charge in [0.1, 0.15) is 11.6 Å². The molecule has 0 radical (unpaired) electrons. The Labute approximate surface area is 177 Å². The number of nitrogens with one attached hydrogen (secondary N) is 3. The number of ether oxygens (including phenoxy) is 1. The minimum Gasteiger partial charge on any atom is -0.497 e. The SMILES string of the molecule is CN=C(NCCC(=O)Nc1ccc(C)cn1)NCc1cccc(OC)c1.I. The molecule has 0 saturated carbocycles. The number of hydrogen-bond acceptors (Lipinski definition) is 4. The summed E-state index contributed by atoms with van der Waals surface area (Å²) in [4.78, 5) is 20.3. The van der Waals surface area contributed by atoms with Crippen LogP contribution in [-0.2, 0) is 11.3 Å². The van der Waals surface area contributed by atoms with Gasteiger partial charge in [-0.25, -0.2) is 4.98 Å². The number of carbonyl (C=O) groups is 1. The van der Waals surface area contributed by atoms with Crippen molar-refractivity contribution in [1.29, 1.82) is 0 Å². The number of rotatable bonds is 7. The van der Waals surface area contributed by atoms with Crippen LogP contribution in [-0.4, -0.2) is 37.6 Å². The fourth-order valence-corrected chi connectivity index (χ4v) is 2.23. The Morgan fingerprint density at radius 2 is 2.04 bits per heavy atom. The van der Waals surface area contributed by atoms with Crippen LogP contribution >= 0.6 is 24.0 Å². The van der Waals surface area contributed by atoms with Gasteiger partial charge in [0.15, 0.2) is 5.96 Å². The van der Waals surface area contributed by atoms with Gasteiger partial charge >= 0.3 is 0 Å². The predicted molar refractivity (Wildman–Crippen MR) is 119 cm³/mol. The van der Waals surface area contributed by atoms with Crippen molar-refractivity contribution in [3.05, 3.63) is 53.7 Å². The van der Waals surface area contributed by atoms with Crippen LogP contribution in [0.4, 0.5) is 5.82 Å². The minimum absolute atomic E-state index is 0. The van der Waals surface area contributed by atoms with Gasteiger partial charge in [0.2, 0.25) is 5.91 Å². The van der Waals surface area contributed by atoms with Crippen molar-refractivity contribution in [2.45, 2.75) is 19.9 Å². The Kier molecular flexibility index (Phi) is 10.2. The Bertz CT molecular complexity index is 750. The third-order valence-electron chi connectivity index (χ3n) is 3.64. The number of benzene rings is 1. The van der Waals surface area contributed by atoms with Crippen LogP contribution in [0.3, 0.4) is 0 Å². The smallest absolute Gasteiger partial charge is 0.227 e. The van der Waals surface area contributed by atoms with E-state index in [1.165, 1.54) is 0 Å². The minimum atomic E-state index is -0.0999. The highest BCUT2D eigenvalue weighted by atomic mass is 127. The van der Waals surface area contributed by atoms with Gasteiger partial charge in [0.25, 0.3) is 0 Å². The number of aliphatic imine (C=N–C) groups is 1. The molecule has 1 aromatic heterocycles. The van der Waals surface area contributed by atoms with Gasteiger partial charge < -0.3 is 20.7 Å². The molecule has 146 valence electrons. The maximum absolute atomic E-state index is 12.0. The Hall–Kier alpha value is -2.36. The lowest BCUT2D eigenvalue weighted by Crippen LogP contribution is -2.38. The molecular weight excluding hydrogens is 457 g/mol. The fourth-order valence-electron chi connectivity index (χ4n) is 2.23. The molecule has 27 heavy (non-hydrogen) atoms. The highest BCUT2D eigenvalue weighted by Crippen LogP contribution is 2.12. The van der Waals surface area contributed by atoms with E-state index in [9.17, 15) is 4.79 Å². The van der Waals surface area contributed by atoms with Gasteiger partial charge in [-0.1, -0.05) is 18.2 Å². The van der Waals surface area contributed by atoms with E-state index in [2.05, 4.69) is 25.9 Å². The van der Waals surface area contributed by atoms with Crippen molar-refractivity contribution in [2.75, 3.05) is 26.0 Å². The first-order chi connectivity index (χ1) is 12.6. The van der Waals surface area contributed by atoms with Crippen molar-refractivity contribution in [3.63, 3.8) is 0 Å². The van der Waals surface area contributed by atoms with E-state index in [-0.39, 0.29) is 29.9 Å². The number of methoxy groups -OCH3 is 1. The van der Waals surface area contributed by atoms with Crippen LogP contribution in [0.2, 0.25) is 0 Å². The van der Waals surface area contributed by atoms with E-state index in [0.29, 0.717) is 31.3 Å². The number of carbonyl (C=O) groups excluding carboxylic acids is 1. The highest BCUT2D eigenvalue weighted by molar-refractivity contribution is 14.0. The van der Waals surface area contributed by atoms with Crippen LogP contribution < -0.4 is 20.7 Å². The van der Waals surface area contributed by atoms with E-state index in [0.717, 1.165) is 16.9 Å². The van der Waals surface area contributed by atoms with Gasteiger partial charge in [-0.2, -0.15) is 0 Å². The van der Waals surface area contributed by atoms with Crippen molar-refractivity contribution < 1.29 is 9.53 Å². The zero-order chi connectivity index (χ0) is 18.8. The summed E-state index contributed by atoms with van der Waals surface area (Å²) in [6, 6.07) is 11.5. The average molecular weight is 483 g/mol. The molecule has 0 unspecified atom stereocenters. The summed E-state index contributed by atoms with van der Waals surface area (Å²) in [5.74, 6) is 1.90. The van der Waals surface area contributed by atoms with E-state index in [1.807, 2.05) is 37.3 Å². The first-order valence-electron chi connectivity index (χ1n) is 8.40. The predicted octanol–water partition coefficient (Wildman–Crippen LogP) is 2.71. The molecule has 0 saturated heterocycles. The van der Waals surface area contributed by atoms with Crippen molar-refractivity contribution in [1.82, 2.24) is 15.6 Å². The fraction of sp³-hybridized carbons (Fsp3) is 0.316. The third-order valence-corrected chi connectivity index (χ3v) is 3.64. The Morgan fingerprint density at radius 3 is 2.70 bits per heavy atom. The molecule has 1 heterocycles. The lowest BCUT2D eigenvalue weighted by atomic mass is 10.2. The number of amides is 1. The maximum Gasteiger partial charge on any atom is 0.227 e. The molecule has 1 aromatic carbocycles. The van der Waals surface area contributed by atoms with Crippen molar-refractivity contribution in [3.8, 4) is 5.75 Å². The summed E-state index contributed by atoms with van der Waals surface area (Å²) in [6.07, 6.45) is 2.04. The molecule has 0 aliphatic carbocycles. The summed E-state index contributed by atoms with van der Waals surface area (Å²) in [6.45, 7) is 3.03. The topological polar surface area (TPSA) is 87.6 Å². The van der Waals surface area contributed by atoms with Gasteiger partial charge in [0, 0.05) is 32.8 Å². The lowest BCUT2D eigenvalue weighted by Gasteiger charge is -2.12. The number of aromatic nitrogens is 1. The number of halogens is 1.